The van der Waals surface area contributed by atoms with E-state index in [1.165, 1.54) is 23.5 Å². The summed E-state index contributed by atoms with van der Waals surface area (Å²) in [5.74, 6) is -0.364. The standard InChI is InChI=1S/C16H17FN2OS/c1-11-10-21-15(18-11)19-14(20)16(7-2-3-8-16)12-5-4-6-13(17)9-12/h4-6,9-10H,2-3,7-8H2,1H3,(H,18,19,20). The smallest absolute Gasteiger partial charge is 0.236 e. The molecule has 1 heterocycles. The average molecular weight is 304 g/mol. The summed E-state index contributed by atoms with van der Waals surface area (Å²) in [6.07, 6.45) is 3.49. The summed E-state index contributed by atoms with van der Waals surface area (Å²) < 4.78 is 13.5. The molecule has 1 aliphatic rings. The minimum atomic E-state index is -0.623. The van der Waals surface area contributed by atoms with Crippen LogP contribution in [0.5, 0.6) is 0 Å². The van der Waals surface area contributed by atoms with Crippen molar-refractivity contribution < 1.29 is 9.18 Å². The minimum absolute atomic E-state index is 0.0695. The summed E-state index contributed by atoms with van der Waals surface area (Å²) in [5.41, 5.74) is 1.04. The summed E-state index contributed by atoms with van der Waals surface area (Å²) in [4.78, 5) is 17.1. The molecule has 5 heteroatoms. The Balaban J connectivity index is 1.92. The van der Waals surface area contributed by atoms with Crippen molar-refractivity contribution >= 4 is 22.4 Å². The van der Waals surface area contributed by atoms with Crippen molar-refractivity contribution in [2.45, 2.75) is 38.0 Å². The second-order valence-corrected chi connectivity index (χ2v) is 6.41. The molecule has 21 heavy (non-hydrogen) atoms. The number of aromatic nitrogens is 1. The van der Waals surface area contributed by atoms with Gasteiger partial charge in [-0.1, -0.05) is 25.0 Å². The Bertz CT molecular complexity index is 662. The number of nitrogens with one attached hydrogen (secondary N) is 1. The molecule has 110 valence electrons. The lowest BCUT2D eigenvalue weighted by atomic mass is 9.78. The second-order valence-electron chi connectivity index (χ2n) is 5.55. The number of benzene rings is 1. The summed E-state index contributed by atoms with van der Waals surface area (Å²) >= 11 is 1.42. The van der Waals surface area contributed by atoms with Gasteiger partial charge >= 0.3 is 0 Å². The van der Waals surface area contributed by atoms with Gasteiger partial charge in [-0.15, -0.1) is 11.3 Å². The van der Waals surface area contributed by atoms with Gasteiger partial charge in [0.25, 0.3) is 0 Å². The Morgan fingerprint density at radius 3 is 2.76 bits per heavy atom. The number of aryl methyl sites for hydroxylation is 1. The highest BCUT2D eigenvalue weighted by atomic mass is 32.1. The Morgan fingerprint density at radius 2 is 2.14 bits per heavy atom. The van der Waals surface area contributed by atoms with E-state index in [1.54, 1.807) is 6.07 Å². The summed E-state index contributed by atoms with van der Waals surface area (Å²) in [6.45, 7) is 1.89. The predicted octanol–water partition coefficient (Wildman–Crippen LogP) is 4.04. The molecule has 1 aliphatic carbocycles. The van der Waals surface area contributed by atoms with Crippen molar-refractivity contribution in [1.29, 1.82) is 0 Å². The molecule has 0 spiro atoms. The van der Waals surface area contributed by atoms with Crippen LogP contribution in [0, 0.1) is 12.7 Å². The quantitative estimate of drug-likeness (QED) is 0.930. The van der Waals surface area contributed by atoms with Crippen LogP contribution in [-0.4, -0.2) is 10.9 Å². The van der Waals surface area contributed by atoms with Crippen molar-refractivity contribution in [3.05, 3.63) is 46.7 Å². The van der Waals surface area contributed by atoms with Gasteiger partial charge in [-0.05, 0) is 37.5 Å². The van der Waals surface area contributed by atoms with E-state index in [4.69, 9.17) is 0 Å². The first kappa shape index (κ1) is 14.2. The number of thiazole rings is 1. The van der Waals surface area contributed by atoms with Crippen LogP contribution in [0.15, 0.2) is 29.6 Å². The molecular formula is C16H17FN2OS. The van der Waals surface area contributed by atoms with E-state index in [0.29, 0.717) is 5.13 Å². The largest absolute Gasteiger partial charge is 0.301 e. The molecule has 0 saturated heterocycles. The number of rotatable bonds is 3. The van der Waals surface area contributed by atoms with E-state index < -0.39 is 5.41 Å². The number of carbonyl (C=O) groups excluding carboxylic acids is 1. The molecule has 3 nitrogen and oxygen atoms in total. The minimum Gasteiger partial charge on any atom is -0.301 e. The lowest BCUT2D eigenvalue weighted by Crippen LogP contribution is -2.38. The average Bonchev–Trinajstić information content (AvgIpc) is 3.09. The van der Waals surface area contributed by atoms with Gasteiger partial charge in [-0.3, -0.25) is 4.79 Å². The zero-order chi connectivity index (χ0) is 14.9. The number of halogens is 1. The Kier molecular flexibility index (Phi) is 3.76. The van der Waals surface area contributed by atoms with Gasteiger partial charge in [0.2, 0.25) is 5.91 Å². The number of anilines is 1. The van der Waals surface area contributed by atoms with Crippen LogP contribution in [0.4, 0.5) is 9.52 Å². The van der Waals surface area contributed by atoms with Crippen LogP contribution >= 0.6 is 11.3 Å². The van der Waals surface area contributed by atoms with Gasteiger partial charge in [0.15, 0.2) is 5.13 Å². The van der Waals surface area contributed by atoms with Gasteiger partial charge in [-0.25, -0.2) is 9.37 Å². The maximum absolute atomic E-state index is 13.5. The maximum atomic E-state index is 13.5. The van der Waals surface area contributed by atoms with Crippen molar-refractivity contribution in [2.24, 2.45) is 0 Å². The lowest BCUT2D eigenvalue weighted by molar-refractivity contribution is -0.121. The molecule has 0 atom stereocenters. The molecule has 1 amide bonds. The normalized spacial score (nSPS) is 16.9. The van der Waals surface area contributed by atoms with Crippen molar-refractivity contribution in [1.82, 2.24) is 4.98 Å². The third-order valence-electron chi connectivity index (χ3n) is 4.11. The van der Waals surface area contributed by atoms with Gasteiger partial charge in [0.05, 0.1) is 11.1 Å². The second kappa shape index (κ2) is 5.56. The van der Waals surface area contributed by atoms with Crippen LogP contribution in [0.1, 0.15) is 36.9 Å². The first-order valence-electron chi connectivity index (χ1n) is 7.10. The predicted molar refractivity (Wildman–Crippen MR) is 82.0 cm³/mol. The first-order chi connectivity index (χ1) is 10.1. The van der Waals surface area contributed by atoms with Gasteiger partial charge < -0.3 is 5.32 Å². The number of nitrogens with zero attached hydrogens (tertiary/aromatic N) is 1. The number of hydrogen-bond acceptors (Lipinski definition) is 3. The molecule has 0 aliphatic heterocycles. The van der Waals surface area contributed by atoms with Gasteiger partial charge in [-0.2, -0.15) is 0 Å². The van der Waals surface area contributed by atoms with Crippen LogP contribution in [0.2, 0.25) is 0 Å². The molecule has 1 saturated carbocycles. The zero-order valence-corrected chi connectivity index (χ0v) is 12.7. The third kappa shape index (κ3) is 2.70. The Morgan fingerprint density at radius 1 is 1.38 bits per heavy atom. The van der Waals surface area contributed by atoms with Crippen LogP contribution in [0.3, 0.4) is 0 Å². The summed E-state index contributed by atoms with van der Waals surface area (Å²) in [6, 6.07) is 6.42. The lowest BCUT2D eigenvalue weighted by Gasteiger charge is -2.27. The highest BCUT2D eigenvalue weighted by Gasteiger charge is 2.43. The SMILES string of the molecule is Cc1csc(NC(=O)C2(c3cccc(F)c3)CCCC2)n1. The molecule has 1 aromatic heterocycles. The summed E-state index contributed by atoms with van der Waals surface area (Å²) in [7, 11) is 0. The number of amides is 1. The molecular weight excluding hydrogens is 287 g/mol. The van der Waals surface area contributed by atoms with E-state index in [-0.39, 0.29) is 11.7 Å². The Hall–Kier alpha value is -1.75. The molecule has 0 radical (unpaired) electrons. The fraction of sp³-hybridized carbons (Fsp3) is 0.375. The molecule has 1 aromatic carbocycles. The molecule has 1 N–H and O–H groups in total. The third-order valence-corrected chi connectivity index (χ3v) is 4.98. The summed E-state index contributed by atoms with van der Waals surface area (Å²) in [5, 5.41) is 5.42. The van der Waals surface area contributed by atoms with Gasteiger partial charge in [0.1, 0.15) is 5.82 Å². The zero-order valence-electron chi connectivity index (χ0n) is 11.9. The Labute approximate surface area is 127 Å². The van der Waals surface area contributed by atoms with Crippen LogP contribution in [-0.2, 0) is 10.2 Å². The first-order valence-corrected chi connectivity index (χ1v) is 7.98. The molecule has 1 fully saturated rings. The monoisotopic (exact) mass is 304 g/mol. The van der Waals surface area contributed by atoms with Crippen LogP contribution in [0.25, 0.3) is 0 Å². The highest BCUT2D eigenvalue weighted by molar-refractivity contribution is 7.13. The van der Waals surface area contributed by atoms with E-state index in [9.17, 15) is 9.18 Å². The fourth-order valence-corrected chi connectivity index (χ4v) is 3.72. The molecule has 0 unspecified atom stereocenters. The molecule has 2 aromatic rings. The topological polar surface area (TPSA) is 42.0 Å². The van der Waals surface area contributed by atoms with E-state index in [2.05, 4.69) is 10.3 Å². The molecule has 3 rings (SSSR count). The maximum Gasteiger partial charge on any atom is 0.236 e. The van der Waals surface area contributed by atoms with E-state index in [0.717, 1.165) is 36.9 Å². The van der Waals surface area contributed by atoms with Crippen molar-refractivity contribution in [3.8, 4) is 0 Å². The van der Waals surface area contributed by atoms with Crippen LogP contribution < -0.4 is 5.32 Å². The molecule has 0 bridgehead atoms. The van der Waals surface area contributed by atoms with Crippen molar-refractivity contribution in [2.75, 3.05) is 5.32 Å². The van der Waals surface area contributed by atoms with E-state index >= 15 is 0 Å². The fourth-order valence-electron chi connectivity index (χ4n) is 3.04. The van der Waals surface area contributed by atoms with E-state index in [1.807, 2.05) is 18.4 Å². The van der Waals surface area contributed by atoms with Gasteiger partial charge in [0, 0.05) is 5.38 Å². The highest BCUT2D eigenvalue weighted by Crippen LogP contribution is 2.42. The number of hydrogen-bond donors (Lipinski definition) is 1. The van der Waals surface area contributed by atoms with Crippen molar-refractivity contribution in [3.63, 3.8) is 0 Å². The number of carbonyl (C=O) groups is 1.